The number of hydrogen-bond donors (Lipinski definition) is 1. The molecule has 2 heterocycles. The van der Waals surface area contributed by atoms with E-state index in [0.717, 1.165) is 0 Å². The minimum absolute atomic E-state index is 0.166. The van der Waals surface area contributed by atoms with Gasteiger partial charge >= 0.3 is 0 Å². The summed E-state index contributed by atoms with van der Waals surface area (Å²) in [7, 11) is 0. The number of fused-ring (bicyclic) bond motifs is 1. The Morgan fingerprint density at radius 1 is 1.23 bits per heavy atom. The number of nitrogens with zero attached hydrogens (tertiary/aromatic N) is 2. The van der Waals surface area contributed by atoms with Gasteiger partial charge in [0, 0.05) is 10.6 Å². The lowest BCUT2D eigenvalue weighted by atomic mass is 10.2. The molecular weight excluding hydrogens is 358 g/mol. The quantitative estimate of drug-likeness (QED) is 0.742. The second-order valence-electron chi connectivity index (χ2n) is 5.52. The molecule has 26 heavy (non-hydrogen) atoms. The molecule has 0 radical (unpaired) electrons. The molecule has 132 valence electrons. The molecule has 0 spiro atoms. The van der Waals surface area contributed by atoms with Crippen LogP contribution in [0.3, 0.4) is 0 Å². The van der Waals surface area contributed by atoms with Crippen molar-refractivity contribution in [2.75, 3.05) is 12.1 Å². The standard InChI is InChI=1S/C18H14ClN3O4/c19-13-2-1-3-15(7-13)24-10-22-9-14(8-20-22)21-18(23)12-4-5-16-17(6-12)26-11-25-16/h1-9H,10-11H2,(H,21,23). The summed E-state index contributed by atoms with van der Waals surface area (Å²) in [5, 5.41) is 7.54. The maximum absolute atomic E-state index is 12.3. The largest absolute Gasteiger partial charge is 0.471 e. The summed E-state index contributed by atoms with van der Waals surface area (Å²) in [6.45, 7) is 0.361. The lowest BCUT2D eigenvalue weighted by Gasteiger charge is -2.06. The van der Waals surface area contributed by atoms with Crippen molar-refractivity contribution in [1.82, 2.24) is 9.78 Å². The number of nitrogens with one attached hydrogen (secondary N) is 1. The first-order valence-electron chi connectivity index (χ1n) is 7.79. The number of carbonyl (C=O) groups excluding carboxylic acids is 1. The topological polar surface area (TPSA) is 74.6 Å². The van der Waals surface area contributed by atoms with Gasteiger partial charge in [-0.25, -0.2) is 4.68 Å². The van der Waals surface area contributed by atoms with Crippen LogP contribution in [0.1, 0.15) is 10.4 Å². The van der Waals surface area contributed by atoms with Gasteiger partial charge in [0.15, 0.2) is 18.2 Å². The number of aromatic nitrogens is 2. The van der Waals surface area contributed by atoms with Crippen LogP contribution < -0.4 is 19.5 Å². The Balaban J connectivity index is 1.38. The van der Waals surface area contributed by atoms with Gasteiger partial charge in [-0.2, -0.15) is 5.10 Å². The monoisotopic (exact) mass is 371 g/mol. The third-order valence-electron chi connectivity index (χ3n) is 3.69. The van der Waals surface area contributed by atoms with Crippen LogP contribution in [0.5, 0.6) is 17.2 Å². The Hall–Kier alpha value is -3.19. The number of benzene rings is 2. The molecule has 0 bridgehead atoms. The van der Waals surface area contributed by atoms with E-state index in [1.54, 1.807) is 59.5 Å². The molecule has 1 N–H and O–H groups in total. The van der Waals surface area contributed by atoms with E-state index in [9.17, 15) is 4.79 Å². The van der Waals surface area contributed by atoms with Gasteiger partial charge in [-0.1, -0.05) is 17.7 Å². The van der Waals surface area contributed by atoms with Crippen LogP contribution in [0, 0.1) is 0 Å². The van der Waals surface area contributed by atoms with Crippen LogP contribution in [0.2, 0.25) is 5.02 Å². The van der Waals surface area contributed by atoms with E-state index < -0.39 is 0 Å². The van der Waals surface area contributed by atoms with Gasteiger partial charge in [0.05, 0.1) is 18.1 Å². The van der Waals surface area contributed by atoms with E-state index >= 15 is 0 Å². The molecule has 7 nitrogen and oxygen atoms in total. The third kappa shape index (κ3) is 3.57. The fourth-order valence-electron chi connectivity index (χ4n) is 2.44. The number of amides is 1. The Morgan fingerprint density at radius 2 is 2.12 bits per heavy atom. The summed E-state index contributed by atoms with van der Waals surface area (Å²) in [4.78, 5) is 12.3. The molecular formula is C18H14ClN3O4. The van der Waals surface area contributed by atoms with Crippen LogP contribution in [0.25, 0.3) is 0 Å². The smallest absolute Gasteiger partial charge is 0.255 e. The van der Waals surface area contributed by atoms with Gasteiger partial charge in [-0.3, -0.25) is 4.79 Å². The van der Waals surface area contributed by atoms with Crippen molar-refractivity contribution in [3.05, 3.63) is 65.4 Å². The summed E-state index contributed by atoms with van der Waals surface area (Å²) < 4.78 is 17.7. The van der Waals surface area contributed by atoms with E-state index in [4.69, 9.17) is 25.8 Å². The summed E-state index contributed by atoms with van der Waals surface area (Å²) >= 11 is 5.91. The molecule has 8 heteroatoms. The van der Waals surface area contributed by atoms with E-state index in [-0.39, 0.29) is 19.4 Å². The molecule has 1 aliphatic heterocycles. The Bertz CT molecular complexity index is 957. The fourth-order valence-corrected chi connectivity index (χ4v) is 2.62. The molecule has 4 rings (SSSR count). The molecule has 0 fully saturated rings. The number of ether oxygens (including phenoxy) is 3. The SMILES string of the molecule is O=C(Nc1cnn(COc2cccc(Cl)c2)c1)c1ccc2c(c1)OCO2. The second-order valence-corrected chi connectivity index (χ2v) is 5.96. The number of anilines is 1. The molecule has 0 unspecified atom stereocenters. The van der Waals surface area contributed by atoms with E-state index in [1.807, 2.05) is 0 Å². The van der Waals surface area contributed by atoms with Crippen LogP contribution in [-0.4, -0.2) is 22.5 Å². The molecule has 3 aromatic rings. The van der Waals surface area contributed by atoms with Crippen molar-refractivity contribution in [1.29, 1.82) is 0 Å². The highest BCUT2D eigenvalue weighted by atomic mass is 35.5. The first-order chi connectivity index (χ1) is 12.7. The average molecular weight is 372 g/mol. The molecule has 0 saturated carbocycles. The molecule has 1 aliphatic rings. The molecule has 0 atom stereocenters. The van der Waals surface area contributed by atoms with Crippen molar-refractivity contribution < 1.29 is 19.0 Å². The maximum Gasteiger partial charge on any atom is 0.255 e. The number of hydrogen-bond acceptors (Lipinski definition) is 5. The summed E-state index contributed by atoms with van der Waals surface area (Å²) in [6.07, 6.45) is 3.22. The predicted octanol–water partition coefficient (Wildman–Crippen LogP) is 3.55. The number of carbonyl (C=O) groups is 1. The molecule has 2 aromatic carbocycles. The van der Waals surface area contributed by atoms with Crippen LogP contribution in [-0.2, 0) is 6.73 Å². The average Bonchev–Trinajstić information content (AvgIpc) is 3.28. The normalized spacial score (nSPS) is 12.0. The highest BCUT2D eigenvalue weighted by Crippen LogP contribution is 2.32. The Kier molecular flexibility index (Phi) is 4.37. The van der Waals surface area contributed by atoms with E-state index in [1.165, 1.54) is 0 Å². The minimum Gasteiger partial charge on any atom is -0.471 e. The zero-order valence-electron chi connectivity index (χ0n) is 13.5. The molecule has 0 saturated heterocycles. The van der Waals surface area contributed by atoms with Crippen LogP contribution in [0.4, 0.5) is 5.69 Å². The van der Waals surface area contributed by atoms with Gasteiger partial charge in [0.25, 0.3) is 5.91 Å². The van der Waals surface area contributed by atoms with Gasteiger partial charge in [-0.05, 0) is 36.4 Å². The van der Waals surface area contributed by atoms with Crippen molar-refractivity contribution in [3.8, 4) is 17.2 Å². The zero-order chi connectivity index (χ0) is 17.9. The summed E-state index contributed by atoms with van der Waals surface area (Å²) in [6, 6.07) is 12.1. The van der Waals surface area contributed by atoms with Crippen LogP contribution in [0.15, 0.2) is 54.9 Å². The molecule has 0 aliphatic carbocycles. The third-order valence-corrected chi connectivity index (χ3v) is 3.92. The zero-order valence-corrected chi connectivity index (χ0v) is 14.3. The number of halogens is 1. The van der Waals surface area contributed by atoms with Gasteiger partial charge in [-0.15, -0.1) is 0 Å². The van der Waals surface area contributed by atoms with Gasteiger partial charge in [0.1, 0.15) is 5.75 Å². The maximum atomic E-state index is 12.3. The Morgan fingerprint density at radius 3 is 3.00 bits per heavy atom. The first-order valence-corrected chi connectivity index (χ1v) is 8.17. The van der Waals surface area contributed by atoms with Crippen LogP contribution >= 0.6 is 11.6 Å². The fraction of sp³-hybridized carbons (Fsp3) is 0.111. The van der Waals surface area contributed by atoms with Gasteiger partial charge < -0.3 is 19.5 Å². The Labute approximate surface area is 154 Å². The second kappa shape index (κ2) is 6.97. The minimum atomic E-state index is -0.265. The lowest BCUT2D eigenvalue weighted by molar-refractivity contribution is 0.102. The summed E-state index contributed by atoms with van der Waals surface area (Å²) in [5.41, 5.74) is 1.03. The molecule has 1 aromatic heterocycles. The summed E-state index contributed by atoms with van der Waals surface area (Å²) in [5.74, 6) is 1.56. The van der Waals surface area contributed by atoms with E-state index in [2.05, 4.69) is 10.4 Å². The number of rotatable bonds is 5. The highest BCUT2D eigenvalue weighted by molar-refractivity contribution is 6.30. The van der Waals surface area contributed by atoms with Crippen molar-refractivity contribution in [2.45, 2.75) is 6.73 Å². The lowest BCUT2D eigenvalue weighted by Crippen LogP contribution is -2.11. The van der Waals surface area contributed by atoms with E-state index in [0.29, 0.717) is 33.5 Å². The molecule has 1 amide bonds. The van der Waals surface area contributed by atoms with Gasteiger partial charge in [0.2, 0.25) is 6.79 Å². The van der Waals surface area contributed by atoms with Crippen molar-refractivity contribution in [3.63, 3.8) is 0 Å². The van der Waals surface area contributed by atoms with Crippen molar-refractivity contribution in [2.24, 2.45) is 0 Å². The van der Waals surface area contributed by atoms with Crippen molar-refractivity contribution >= 4 is 23.2 Å². The highest BCUT2D eigenvalue weighted by Gasteiger charge is 2.16. The predicted molar refractivity (Wildman–Crippen MR) is 94.8 cm³/mol. The first kappa shape index (κ1) is 16.3.